The van der Waals surface area contributed by atoms with Crippen molar-refractivity contribution in [3.8, 4) is 0 Å². The number of rotatable bonds is 3. The van der Waals surface area contributed by atoms with E-state index < -0.39 is 0 Å². The van der Waals surface area contributed by atoms with Crippen LogP contribution in [0.15, 0.2) is 18.2 Å². The van der Waals surface area contributed by atoms with Crippen LogP contribution in [0.1, 0.15) is 18.4 Å². The third-order valence-corrected chi connectivity index (χ3v) is 3.48. The highest BCUT2D eigenvalue weighted by Crippen LogP contribution is 2.23. The van der Waals surface area contributed by atoms with Crippen molar-refractivity contribution in [1.29, 1.82) is 0 Å². The van der Waals surface area contributed by atoms with Crippen molar-refractivity contribution in [2.24, 2.45) is 5.73 Å². The zero-order valence-electron chi connectivity index (χ0n) is 9.53. The molecule has 1 heterocycles. The lowest BCUT2D eigenvalue weighted by molar-refractivity contribution is -0.122. The summed E-state index contributed by atoms with van der Waals surface area (Å²) in [7, 11) is 0. The minimum atomic E-state index is -0.246. The molecular weight excluding hydrogens is 238 g/mol. The second-order valence-electron chi connectivity index (χ2n) is 4.39. The molecule has 1 saturated heterocycles. The van der Waals surface area contributed by atoms with Gasteiger partial charge < -0.3 is 11.5 Å². The Kier molecular flexibility index (Phi) is 3.54. The standard InChI is InChI=1S/C12H16ClN3O/c13-9-4-3-8(6-10(9)14)7-16-5-1-2-11(16)12(15)17/h3-4,6,11H,1-2,5,7,14H2,(H2,15,17). The van der Waals surface area contributed by atoms with Gasteiger partial charge in [0.25, 0.3) is 0 Å². The van der Waals surface area contributed by atoms with Crippen LogP contribution in [0.3, 0.4) is 0 Å². The number of likely N-dealkylation sites (tertiary alicyclic amines) is 1. The Balaban J connectivity index is 2.09. The largest absolute Gasteiger partial charge is 0.398 e. The summed E-state index contributed by atoms with van der Waals surface area (Å²) in [6.07, 6.45) is 1.86. The Morgan fingerprint density at radius 1 is 1.53 bits per heavy atom. The molecule has 0 aromatic heterocycles. The van der Waals surface area contributed by atoms with Gasteiger partial charge in [0.15, 0.2) is 0 Å². The molecule has 1 aromatic carbocycles. The predicted molar refractivity (Wildman–Crippen MR) is 68.5 cm³/mol. The first kappa shape index (κ1) is 12.2. The van der Waals surface area contributed by atoms with Crippen molar-refractivity contribution in [1.82, 2.24) is 4.90 Å². The molecule has 0 aliphatic carbocycles. The molecule has 1 amide bonds. The number of hydrogen-bond acceptors (Lipinski definition) is 3. The number of amides is 1. The van der Waals surface area contributed by atoms with Crippen LogP contribution in [0.2, 0.25) is 5.02 Å². The first-order valence-corrected chi connectivity index (χ1v) is 6.03. The van der Waals surface area contributed by atoms with Gasteiger partial charge in [0.2, 0.25) is 5.91 Å². The maximum atomic E-state index is 11.3. The van der Waals surface area contributed by atoms with Crippen molar-refractivity contribution >= 4 is 23.2 Å². The van der Waals surface area contributed by atoms with Crippen molar-refractivity contribution in [3.63, 3.8) is 0 Å². The van der Waals surface area contributed by atoms with Crippen LogP contribution in [0, 0.1) is 0 Å². The van der Waals surface area contributed by atoms with Crippen molar-refractivity contribution in [2.45, 2.75) is 25.4 Å². The Hall–Kier alpha value is -1.26. The topological polar surface area (TPSA) is 72.4 Å². The van der Waals surface area contributed by atoms with Gasteiger partial charge in [0.05, 0.1) is 16.8 Å². The third kappa shape index (κ3) is 2.70. The van der Waals surface area contributed by atoms with Gasteiger partial charge >= 0.3 is 0 Å². The van der Waals surface area contributed by atoms with Crippen LogP contribution in [0.5, 0.6) is 0 Å². The summed E-state index contributed by atoms with van der Waals surface area (Å²) in [5.41, 5.74) is 12.7. The fraction of sp³-hybridized carbons (Fsp3) is 0.417. The van der Waals surface area contributed by atoms with Crippen molar-refractivity contribution in [2.75, 3.05) is 12.3 Å². The molecule has 2 rings (SSSR count). The van der Waals surface area contributed by atoms with E-state index in [4.69, 9.17) is 23.1 Å². The second kappa shape index (κ2) is 4.94. The van der Waals surface area contributed by atoms with E-state index in [2.05, 4.69) is 4.90 Å². The van der Waals surface area contributed by atoms with Gasteiger partial charge in [-0.25, -0.2) is 0 Å². The predicted octanol–water partition coefficient (Wildman–Crippen LogP) is 1.37. The molecule has 1 aromatic rings. The van der Waals surface area contributed by atoms with Crippen LogP contribution in [-0.4, -0.2) is 23.4 Å². The van der Waals surface area contributed by atoms with E-state index in [0.29, 0.717) is 17.3 Å². The number of carbonyl (C=O) groups is 1. The maximum absolute atomic E-state index is 11.3. The minimum Gasteiger partial charge on any atom is -0.398 e. The highest BCUT2D eigenvalue weighted by molar-refractivity contribution is 6.33. The smallest absolute Gasteiger partial charge is 0.234 e. The van der Waals surface area contributed by atoms with Gasteiger partial charge in [-0.2, -0.15) is 0 Å². The Morgan fingerprint density at radius 3 is 2.94 bits per heavy atom. The molecule has 0 saturated carbocycles. The van der Waals surface area contributed by atoms with Crippen molar-refractivity contribution < 1.29 is 4.79 Å². The van der Waals surface area contributed by atoms with E-state index in [9.17, 15) is 4.79 Å². The number of halogens is 1. The number of nitrogens with zero attached hydrogens (tertiary/aromatic N) is 1. The van der Waals surface area contributed by atoms with Crippen LogP contribution in [0.4, 0.5) is 5.69 Å². The summed E-state index contributed by atoms with van der Waals surface area (Å²) in [6, 6.07) is 5.40. The Bertz CT molecular complexity index is 436. The second-order valence-corrected chi connectivity index (χ2v) is 4.79. The molecule has 1 unspecified atom stereocenters. The van der Waals surface area contributed by atoms with Crippen LogP contribution >= 0.6 is 11.6 Å². The van der Waals surface area contributed by atoms with Gasteiger partial charge in [-0.1, -0.05) is 17.7 Å². The third-order valence-electron chi connectivity index (χ3n) is 3.14. The normalized spacial score (nSPS) is 20.6. The first-order valence-electron chi connectivity index (χ1n) is 5.65. The number of benzene rings is 1. The number of anilines is 1. The number of hydrogen-bond donors (Lipinski definition) is 2. The molecule has 92 valence electrons. The van der Waals surface area contributed by atoms with E-state index in [1.807, 2.05) is 12.1 Å². The summed E-state index contributed by atoms with van der Waals surface area (Å²) < 4.78 is 0. The molecular formula is C12H16ClN3O. The fourth-order valence-corrected chi connectivity index (χ4v) is 2.38. The zero-order valence-corrected chi connectivity index (χ0v) is 10.3. The molecule has 0 radical (unpaired) electrons. The average Bonchev–Trinajstić information content (AvgIpc) is 2.72. The van der Waals surface area contributed by atoms with Crippen LogP contribution in [-0.2, 0) is 11.3 Å². The summed E-state index contributed by atoms with van der Waals surface area (Å²) in [6.45, 7) is 1.59. The Labute approximate surface area is 106 Å². The summed E-state index contributed by atoms with van der Waals surface area (Å²) in [4.78, 5) is 13.3. The van der Waals surface area contributed by atoms with E-state index in [0.717, 1.165) is 24.9 Å². The molecule has 0 spiro atoms. The van der Waals surface area contributed by atoms with Gasteiger partial charge in [-0.3, -0.25) is 9.69 Å². The van der Waals surface area contributed by atoms with E-state index in [1.165, 1.54) is 0 Å². The highest BCUT2D eigenvalue weighted by atomic mass is 35.5. The number of nitrogen functional groups attached to an aromatic ring is 1. The lowest BCUT2D eigenvalue weighted by Gasteiger charge is -2.21. The monoisotopic (exact) mass is 253 g/mol. The van der Waals surface area contributed by atoms with Crippen molar-refractivity contribution in [3.05, 3.63) is 28.8 Å². The molecule has 0 bridgehead atoms. The molecule has 5 heteroatoms. The summed E-state index contributed by atoms with van der Waals surface area (Å²) in [5.74, 6) is -0.246. The molecule has 1 aliphatic heterocycles. The molecule has 1 aliphatic rings. The minimum absolute atomic E-state index is 0.146. The lowest BCUT2D eigenvalue weighted by atomic mass is 10.1. The SMILES string of the molecule is NC(=O)C1CCCN1Cc1ccc(Cl)c(N)c1. The van der Waals surface area contributed by atoms with E-state index in [-0.39, 0.29) is 11.9 Å². The highest BCUT2D eigenvalue weighted by Gasteiger charge is 2.28. The number of nitrogens with two attached hydrogens (primary N) is 2. The van der Waals surface area contributed by atoms with Gasteiger partial charge in [-0.15, -0.1) is 0 Å². The maximum Gasteiger partial charge on any atom is 0.234 e. The first-order chi connectivity index (χ1) is 8.08. The molecule has 17 heavy (non-hydrogen) atoms. The van der Waals surface area contributed by atoms with Crippen LogP contribution < -0.4 is 11.5 Å². The number of carbonyl (C=O) groups excluding carboxylic acids is 1. The van der Waals surface area contributed by atoms with E-state index in [1.54, 1.807) is 6.07 Å². The van der Waals surface area contributed by atoms with E-state index >= 15 is 0 Å². The lowest BCUT2D eigenvalue weighted by Crippen LogP contribution is -2.39. The fourth-order valence-electron chi connectivity index (χ4n) is 2.26. The van der Waals surface area contributed by atoms with Gasteiger partial charge in [0.1, 0.15) is 0 Å². The van der Waals surface area contributed by atoms with Gasteiger partial charge in [-0.05, 0) is 37.1 Å². The summed E-state index contributed by atoms with van der Waals surface area (Å²) >= 11 is 5.86. The van der Waals surface area contributed by atoms with Gasteiger partial charge in [0, 0.05) is 6.54 Å². The molecule has 4 nitrogen and oxygen atoms in total. The summed E-state index contributed by atoms with van der Waals surface area (Å²) in [5, 5.41) is 0.557. The zero-order chi connectivity index (χ0) is 12.4. The number of primary amides is 1. The van der Waals surface area contributed by atoms with Crippen LogP contribution in [0.25, 0.3) is 0 Å². The molecule has 4 N–H and O–H groups in total. The molecule has 1 fully saturated rings. The average molecular weight is 254 g/mol. The quantitative estimate of drug-likeness (QED) is 0.800. The molecule has 1 atom stereocenters. The Morgan fingerprint density at radius 2 is 2.29 bits per heavy atom.